The van der Waals surface area contributed by atoms with Crippen LogP contribution in [0.5, 0.6) is 11.5 Å². The standard InChI is InChI=1S/C53H67FN14O7S2/c1-33-25-67(28-47(69)68-13-7-8-44(68)51-60-43(30-76-51)48(70)36-9-11-37(54)12-10-36)38(22-55-33)26-65-18-19-73-40(27-65)29-74-39-23-56-52(57-24-39)66-16-14-64(15-17-66)32-75-45-21-42-41(20-46(45)77(71,72)53(4,5)6)50(59-31-58-42)61-49-34(2)35(3)62-63-49/h9-12,20-21,23-24,30-31,33,38,40,44,55H,7-8,13-19,22,25-29,32H2,1-6H3,(H2,58,59,61,62,63)/t33-,38-,40-,44+/m1/s1. The van der Waals surface area contributed by atoms with Crippen molar-refractivity contribution in [3.05, 3.63) is 93.8 Å². The molecule has 4 aliphatic heterocycles. The first-order valence-electron chi connectivity index (χ1n) is 26.2. The van der Waals surface area contributed by atoms with Gasteiger partial charge in [0.2, 0.25) is 17.6 Å². The van der Waals surface area contributed by atoms with Gasteiger partial charge in [0.15, 0.2) is 21.4 Å². The van der Waals surface area contributed by atoms with Crippen LogP contribution < -0.4 is 25.0 Å². The maximum absolute atomic E-state index is 14.1. The number of amides is 1. The number of H-pyrrole nitrogens is 1. The molecule has 1 amide bonds. The van der Waals surface area contributed by atoms with Gasteiger partial charge in [-0.2, -0.15) is 5.10 Å². The molecule has 4 saturated heterocycles. The fourth-order valence-corrected chi connectivity index (χ4v) is 12.4. The average Bonchev–Trinajstić information content (AvgIpc) is 4.23. The van der Waals surface area contributed by atoms with Gasteiger partial charge in [-0.15, -0.1) is 11.3 Å². The number of nitrogens with one attached hydrogen (secondary N) is 3. The third-order valence-corrected chi connectivity index (χ3v) is 18.3. The Bertz CT molecular complexity index is 3170. The number of morpholine rings is 1. The number of likely N-dealkylation sites (tertiary alicyclic amines) is 1. The maximum atomic E-state index is 14.1. The summed E-state index contributed by atoms with van der Waals surface area (Å²) >= 11 is 1.39. The van der Waals surface area contributed by atoms with Crippen molar-refractivity contribution >= 4 is 61.4 Å². The lowest BCUT2D eigenvalue weighted by molar-refractivity contribution is -0.134. The van der Waals surface area contributed by atoms with Gasteiger partial charge in [0, 0.05) is 111 Å². The van der Waals surface area contributed by atoms with E-state index in [0.29, 0.717) is 105 Å². The Morgan fingerprint density at radius 3 is 2.47 bits per heavy atom. The van der Waals surface area contributed by atoms with Gasteiger partial charge in [-0.3, -0.25) is 29.4 Å². The van der Waals surface area contributed by atoms with Gasteiger partial charge in [-0.25, -0.2) is 37.7 Å². The van der Waals surface area contributed by atoms with Crippen molar-refractivity contribution in [3.63, 3.8) is 0 Å². The molecule has 4 aliphatic rings. The van der Waals surface area contributed by atoms with Crippen LogP contribution >= 0.6 is 11.3 Å². The molecule has 24 heteroatoms. The highest BCUT2D eigenvalue weighted by atomic mass is 32.2. The lowest BCUT2D eigenvalue weighted by atomic mass is 10.1. The lowest BCUT2D eigenvalue weighted by Gasteiger charge is -2.43. The Kier molecular flexibility index (Phi) is 16.1. The number of sulfone groups is 1. The number of fused-ring (bicyclic) bond motifs is 1. The summed E-state index contributed by atoms with van der Waals surface area (Å²) in [5.74, 6) is 1.77. The molecule has 4 fully saturated rings. The molecule has 10 rings (SSSR count). The molecule has 77 heavy (non-hydrogen) atoms. The normalized spacial score (nSPS) is 21.2. The predicted molar refractivity (Wildman–Crippen MR) is 289 cm³/mol. The fraction of sp³-hybridized carbons (Fsp3) is 0.509. The molecule has 410 valence electrons. The van der Waals surface area contributed by atoms with E-state index in [2.05, 4.69) is 72.3 Å². The number of piperazine rings is 2. The van der Waals surface area contributed by atoms with Crippen LogP contribution in [0.4, 0.5) is 22.0 Å². The number of hydrogen-bond donors (Lipinski definition) is 3. The molecule has 0 saturated carbocycles. The summed E-state index contributed by atoms with van der Waals surface area (Å²) in [5.41, 5.74) is 3.04. The average molecular weight is 1100 g/mol. The van der Waals surface area contributed by atoms with E-state index in [1.54, 1.807) is 50.7 Å². The number of rotatable bonds is 17. The Hall–Kier alpha value is -6.28. The first-order chi connectivity index (χ1) is 37.0. The monoisotopic (exact) mass is 1090 g/mol. The zero-order valence-electron chi connectivity index (χ0n) is 44.4. The summed E-state index contributed by atoms with van der Waals surface area (Å²) in [6.07, 6.45) is 6.28. The summed E-state index contributed by atoms with van der Waals surface area (Å²) in [5, 5.41) is 17.2. The number of nitrogens with zero attached hydrogens (tertiary/aromatic N) is 11. The van der Waals surface area contributed by atoms with E-state index in [1.807, 2.05) is 18.7 Å². The Morgan fingerprint density at radius 1 is 0.948 bits per heavy atom. The Morgan fingerprint density at radius 2 is 1.73 bits per heavy atom. The van der Waals surface area contributed by atoms with Crippen molar-refractivity contribution in [1.82, 2.24) is 60.0 Å². The number of aromatic amines is 1. The molecule has 6 aromatic rings. The summed E-state index contributed by atoms with van der Waals surface area (Å²) in [6, 6.07) is 8.88. The van der Waals surface area contributed by atoms with Crippen molar-refractivity contribution in [1.29, 1.82) is 0 Å². The second-order valence-corrected chi connectivity index (χ2v) is 24.9. The predicted octanol–water partition coefficient (Wildman–Crippen LogP) is 5.17. The number of carbonyl (C=O) groups is 2. The minimum absolute atomic E-state index is 0.0581. The number of thiazole rings is 1. The van der Waals surface area contributed by atoms with E-state index in [-0.39, 0.29) is 53.3 Å². The maximum Gasteiger partial charge on any atom is 0.237 e. The van der Waals surface area contributed by atoms with Crippen molar-refractivity contribution in [2.24, 2.45) is 0 Å². The quantitative estimate of drug-likeness (QED) is 0.100. The largest absolute Gasteiger partial charge is 0.488 e. The van der Waals surface area contributed by atoms with Gasteiger partial charge in [-0.05, 0) is 84.7 Å². The van der Waals surface area contributed by atoms with E-state index in [1.165, 1.54) is 41.9 Å². The molecule has 0 spiro atoms. The zero-order chi connectivity index (χ0) is 54.0. The molecule has 3 N–H and O–H groups in total. The first-order valence-corrected chi connectivity index (χ1v) is 28.6. The highest BCUT2D eigenvalue weighted by Crippen LogP contribution is 2.38. The number of aromatic nitrogens is 7. The van der Waals surface area contributed by atoms with E-state index in [0.717, 1.165) is 55.3 Å². The van der Waals surface area contributed by atoms with Crippen LogP contribution in [0, 0.1) is 19.7 Å². The number of carbonyl (C=O) groups excluding carboxylic acids is 2. The number of ketones is 1. The number of halogens is 1. The molecule has 21 nitrogen and oxygen atoms in total. The van der Waals surface area contributed by atoms with Crippen LogP contribution in [0.25, 0.3) is 10.9 Å². The summed E-state index contributed by atoms with van der Waals surface area (Å²) < 4.78 is 59.1. The van der Waals surface area contributed by atoms with Crippen LogP contribution in [0.15, 0.2) is 65.4 Å². The Balaban J connectivity index is 0.695. The van der Waals surface area contributed by atoms with Crippen LogP contribution in [0.1, 0.15) is 78.9 Å². The summed E-state index contributed by atoms with van der Waals surface area (Å²) in [6.45, 7) is 19.2. The van der Waals surface area contributed by atoms with Crippen molar-refractivity contribution in [3.8, 4) is 11.5 Å². The third-order valence-electron chi connectivity index (χ3n) is 14.9. The van der Waals surface area contributed by atoms with Gasteiger partial charge in [0.25, 0.3) is 0 Å². The Labute approximate surface area is 451 Å². The summed E-state index contributed by atoms with van der Waals surface area (Å²) in [7, 11) is -3.86. The molecular weight excluding hydrogens is 1030 g/mol. The first kappa shape index (κ1) is 54.1. The number of aryl methyl sites for hydroxylation is 1. The molecule has 4 aromatic heterocycles. The van der Waals surface area contributed by atoms with Gasteiger partial charge < -0.3 is 34.6 Å². The molecule has 0 unspecified atom stereocenters. The van der Waals surface area contributed by atoms with Crippen molar-refractivity contribution in [2.75, 3.05) is 102 Å². The van der Waals surface area contributed by atoms with E-state index < -0.39 is 20.4 Å². The second kappa shape index (κ2) is 23.0. The van der Waals surface area contributed by atoms with Gasteiger partial charge >= 0.3 is 0 Å². The van der Waals surface area contributed by atoms with Crippen LogP contribution in [0.2, 0.25) is 0 Å². The number of hydrogen-bond acceptors (Lipinski definition) is 20. The molecule has 0 bridgehead atoms. The smallest absolute Gasteiger partial charge is 0.237 e. The van der Waals surface area contributed by atoms with Crippen LogP contribution in [0.3, 0.4) is 0 Å². The zero-order valence-corrected chi connectivity index (χ0v) is 46.0. The second-order valence-electron chi connectivity index (χ2n) is 21.3. The molecule has 4 atom stereocenters. The van der Waals surface area contributed by atoms with Crippen LogP contribution in [-0.4, -0.2) is 190 Å². The van der Waals surface area contributed by atoms with Crippen molar-refractivity contribution in [2.45, 2.75) is 88.3 Å². The fourth-order valence-electron chi connectivity index (χ4n) is 10.1. The van der Waals surface area contributed by atoms with Gasteiger partial charge in [-0.1, -0.05) is 0 Å². The van der Waals surface area contributed by atoms with Crippen LogP contribution in [-0.2, 0) is 19.4 Å². The van der Waals surface area contributed by atoms with E-state index >= 15 is 0 Å². The van der Waals surface area contributed by atoms with E-state index in [9.17, 15) is 22.4 Å². The number of anilines is 3. The van der Waals surface area contributed by atoms with Gasteiger partial charge in [0.1, 0.15) is 58.8 Å². The number of benzene rings is 2. The highest BCUT2D eigenvalue weighted by molar-refractivity contribution is 7.92. The molecular formula is C53H67FN14O7S2. The molecule has 2 aromatic carbocycles. The molecule has 0 aliphatic carbocycles. The molecule has 8 heterocycles. The van der Waals surface area contributed by atoms with Gasteiger partial charge in [0.05, 0.1) is 41.9 Å². The van der Waals surface area contributed by atoms with E-state index in [4.69, 9.17) is 14.2 Å². The minimum Gasteiger partial charge on any atom is -0.488 e. The third kappa shape index (κ3) is 12.2. The topological polar surface area (TPSA) is 229 Å². The minimum atomic E-state index is -3.86. The highest BCUT2D eigenvalue weighted by Gasteiger charge is 2.38. The SMILES string of the molecule is Cc1[nH]nc(Nc2ncnc3cc(OCN4CCN(c5ncc(OC[C@H]6CN(C[C@H]7CN[C@H](C)CN7CC(=O)N7CCC[C@H]7c7nc(C(=O)c8ccc(F)cc8)cs7)CCO6)cn5)CC4)c(S(=O)(=O)C(C)(C)C)cc23)c1C. The summed E-state index contributed by atoms with van der Waals surface area (Å²) in [4.78, 5) is 61.0. The lowest BCUT2D eigenvalue weighted by Crippen LogP contribution is -2.61. The van der Waals surface area contributed by atoms with Crippen molar-refractivity contribution < 1.29 is 36.6 Å². The molecule has 0 radical (unpaired) electrons. The number of ether oxygens (including phenoxy) is 3.